The highest BCUT2D eigenvalue weighted by atomic mass is 32.1. The largest absolute Gasteiger partial charge is 0.310 e. The Morgan fingerprint density at radius 1 is 0.471 bits per heavy atom. The Balaban J connectivity index is 1.03. The summed E-state index contributed by atoms with van der Waals surface area (Å²) in [6.45, 7) is 0. The highest BCUT2D eigenvalue weighted by molar-refractivity contribution is 7.25. The smallest absolute Gasteiger partial charge is 0.0465 e. The van der Waals surface area contributed by atoms with Crippen LogP contribution in [0.15, 0.2) is 164 Å². The van der Waals surface area contributed by atoms with Gasteiger partial charge in [0.2, 0.25) is 0 Å². The second-order valence-electron chi connectivity index (χ2n) is 14.9. The molecule has 0 amide bonds. The van der Waals surface area contributed by atoms with Crippen molar-refractivity contribution >= 4 is 48.6 Å². The number of thiophene rings is 1. The van der Waals surface area contributed by atoms with Gasteiger partial charge in [0.1, 0.15) is 0 Å². The molecule has 0 saturated heterocycles. The zero-order valence-corrected chi connectivity index (χ0v) is 29.2. The minimum absolute atomic E-state index is 0.142. The molecule has 1 nitrogen and oxygen atoms in total. The van der Waals surface area contributed by atoms with Gasteiger partial charge < -0.3 is 4.90 Å². The van der Waals surface area contributed by atoms with Crippen LogP contribution in [0.1, 0.15) is 36.8 Å². The first kappa shape index (κ1) is 29.3. The molecule has 1 heterocycles. The van der Waals surface area contributed by atoms with E-state index in [0.717, 1.165) is 11.8 Å². The molecule has 3 atom stereocenters. The van der Waals surface area contributed by atoms with Crippen LogP contribution in [0.25, 0.3) is 53.6 Å². The van der Waals surface area contributed by atoms with Gasteiger partial charge in [-0.25, -0.2) is 0 Å². The van der Waals surface area contributed by atoms with Crippen molar-refractivity contribution in [1.29, 1.82) is 0 Å². The minimum Gasteiger partial charge on any atom is -0.310 e. The Hall–Kier alpha value is -5.44. The van der Waals surface area contributed by atoms with Crippen LogP contribution in [0.2, 0.25) is 0 Å². The van der Waals surface area contributed by atoms with Gasteiger partial charge in [-0.3, -0.25) is 0 Å². The topological polar surface area (TPSA) is 3.24 Å². The minimum atomic E-state index is 0.142. The molecule has 3 unspecified atom stereocenters. The van der Waals surface area contributed by atoms with Gasteiger partial charge in [-0.1, -0.05) is 122 Å². The number of nitrogens with zero attached hydrogens (tertiary/aromatic N) is 1. The Bertz CT molecular complexity index is 2600. The van der Waals surface area contributed by atoms with Crippen LogP contribution in [0.3, 0.4) is 0 Å². The predicted molar refractivity (Wildman–Crippen MR) is 217 cm³/mol. The first-order valence-corrected chi connectivity index (χ1v) is 19.3. The van der Waals surface area contributed by atoms with Crippen LogP contribution in [0, 0.1) is 11.8 Å². The lowest BCUT2D eigenvalue weighted by Crippen LogP contribution is -2.32. The number of hydrogen-bond acceptors (Lipinski definition) is 2. The van der Waals surface area contributed by atoms with E-state index in [1.165, 1.54) is 96.3 Å². The normalized spacial score (nSPS) is 19.9. The number of fused-ring (bicyclic) bond motifs is 11. The van der Waals surface area contributed by atoms with Crippen LogP contribution in [0.4, 0.5) is 17.1 Å². The summed E-state index contributed by atoms with van der Waals surface area (Å²) in [7, 11) is 0. The van der Waals surface area contributed by atoms with Gasteiger partial charge in [0.05, 0.1) is 0 Å². The zero-order chi connectivity index (χ0) is 33.5. The fourth-order valence-corrected chi connectivity index (χ4v) is 11.3. The van der Waals surface area contributed by atoms with Crippen LogP contribution in [0.5, 0.6) is 0 Å². The predicted octanol–water partition coefficient (Wildman–Crippen LogP) is 13.9. The molecule has 2 saturated carbocycles. The second kappa shape index (κ2) is 11.3. The van der Waals surface area contributed by atoms with Gasteiger partial charge in [-0.05, 0) is 124 Å². The molecule has 244 valence electrons. The van der Waals surface area contributed by atoms with E-state index in [-0.39, 0.29) is 5.41 Å². The van der Waals surface area contributed by atoms with E-state index in [9.17, 15) is 0 Å². The molecule has 0 radical (unpaired) electrons. The van der Waals surface area contributed by atoms with E-state index in [4.69, 9.17) is 0 Å². The SMILES string of the molecule is c1ccc(-c2ccc(N(c3ccc(-c4ccc5c(c4)sc4ccccc45)cc3)c3ccc4c(c3)C3(CC5CCC3C5)c3ccccc3-4)cc2)cc1. The van der Waals surface area contributed by atoms with Crippen LogP contribution >= 0.6 is 11.3 Å². The van der Waals surface area contributed by atoms with Crippen molar-refractivity contribution in [3.63, 3.8) is 0 Å². The molecule has 1 aromatic heterocycles. The number of benzene rings is 7. The molecular formula is C49H37NS. The fraction of sp³-hybridized carbons (Fsp3) is 0.143. The van der Waals surface area contributed by atoms with Gasteiger partial charge in [0, 0.05) is 42.6 Å². The summed E-state index contributed by atoms with van der Waals surface area (Å²) in [6.07, 6.45) is 5.40. The van der Waals surface area contributed by atoms with Crippen molar-refractivity contribution in [2.45, 2.75) is 31.1 Å². The summed E-state index contributed by atoms with van der Waals surface area (Å²) in [5.41, 5.74) is 14.7. The van der Waals surface area contributed by atoms with Gasteiger partial charge in [0.15, 0.2) is 0 Å². The summed E-state index contributed by atoms with van der Waals surface area (Å²) >= 11 is 1.88. The molecule has 3 aliphatic rings. The van der Waals surface area contributed by atoms with Crippen molar-refractivity contribution in [2.75, 3.05) is 4.90 Å². The van der Waals surface area contributed by atoms with Crippen molar-refractivity contribution in [3.8, 4) is 33.4 Å². The van der Waals surface area contributed by atoms with Crippen molar-refractivity contribution in [3.05, 3.63) is 175 Å². The average molecular weight is 672 g/mol. The highest BCUT2D eigenvalue weighted by Gasteiger charge is 2.56. The van der Waals surface area contributed by atoms with E-state index >= 15 is 0 Å². The molecule has 2 bridgehead atoms. The van der Waals surface area contributed by atoms with Crippen molar-refractivity contribution in [2.24, 2.45) is 11.8 Å². The maximum absolute atomic E-state index is 2.56. The maximum atomic E-state index is 2.56. The van der Waals surface area contributed by atoms with Crippen LogP contribution in [-0.4, -0.2) is 0 Å². The lowest BCUT2D eigenvalue weighted by molar-refractivity contribution is 0.327. The van der Waals surface area contributed by atoms with Crippen molar-refractivity contribution < 1.29 is 0 Å². The number of hydrogen-bond donors (Lipinski definition) is 0. The quantitative estimate of drug-likeness (QED) is 0.176. The molecule has 1 spiro atoms. The van der Waals surface area contributed by atoms with E-state index in [2.05, 4.69) is 169 Å². The van der Waals surface area contributed by atoms with Gasteiger partial charge in [0.25, 0.3) is 0 Å². The molecule has 7 aromatic carbocycles. The Kier molecular flexibility index (Phi) is 6.48. The van der Waals surface area contributed by atoms with Gasteiger partial charge >= 0.3 is 0 Å². The molecule has 2 heteroatoms. The van der Waals surface area contributed by atoms with Crippen LogP contribution < -0.4 is 4.90 Å². The first-order chi connectivity index (χ1) is 25.2. The number of rotatable bonds is 5. The third kappa shape index (κ3) is 4.46. The number of anilines is 3. The Labute approximate surface area is 303 Å². The molecular weight excluding hydrogens is 635 g/mol. The van der Waals surface area contributed by atoms with E-state index in [1.807, 2.05) is 11.3 Å². The zero-order valence-electron chi connectivity index (χ0n) is 28.4. The summed E-state index contributed by atoms with van der Waals surface area (Å²) in [4.78, 5) is 2.47. The molecule has 11 rings (SSSR count). The second-order valence-corrected chi connectivity index (χ2v) is 16.0. The maximum Gasteiger partial charge on any atom is 0.0465 e. The van der Waals surface area contributed by atoms with Gasteiger partial charge in [-0.15, -0.1) is 11.3 Å². The van der Waals surface area contributed by atoms with Crippen LogP contribution in [-0.2, 0) is 5.41 Å². The summed E-state index contributed by atoms with van der Waals surface area (Å²) in [6, 6.07) is 61.3. The molecule has 0 N–H and O–H groups in total. The molecule has 0 aliphatic heterocycles. The highest BCUT2D eigenvalue weighted by Crippen LogP contribution is 2.66. The van der Waals surface area contributed by atoms with E-state index in [0.29, 0.717) is 0 Å². The lowest BCUT2D eigenvalue weighted by atomic mass is 9.67. The standard InChI is InChI=1S/C49H37NS/c1-2-8-33(9-3-1)34-15-21-38(22-16-34)50(39-23-17-35(18-24-39)36-19-26-44-43-11-5-7-13-47(43)51-48(44)29-36)40-25-27-42-41-10-4-6-12-45(41)49(46(42)30-40)31-32-14-20-37(49)28-32/h1-13,15-19,21-27,29-30,32,37H,14,20,28,31H2. The van der Waals surface area contributed by atoms with E-state index < -0.39 is 0 Å². The average Bonchev–Trinajstić information content (AvgIpc) is 3.97. The first-order valence-electron chi connectivity index (χ1n) is 18.4. The molecule has 2 fully saturated rings. The van der Waals surface area contributed by atoms with Crippen molar-refractivity contribution in [1.82, 2.24) is 0 Å². The third-order valence-corrected chi connectivity index (χ3v) is 13.5. The van der Waals surface area contributed by atoms with Gasteiger partial charge in [-0.2, -0.15) is 0 Å². The summed E-state index contributed by atoms with van der Waals surface area (Å²) in [5, 5.41) is 2.69. The Morgan fingerprint density at radius 3 is 1.86 bits per heavy atom. The molecule has 8 aromatic rings. The fourth-order valence-electron chi connectivity index (χ4n) is 10.1. The summed E-state index contributed by atoms with van der Waals surface area (Å²) < 4.78 is 2.69. The molecule has 51 heavy (non-hydrogen) atoms. The Morgan fingerprint density at radius 2 is 1.10 bits per heavy atom. The monoisotopic (exact) mass is 671 g/mol. The van der Waals surface area contributed by atoms with E-state index in [1.54, 1.807) is 11.1 Å². The third-order valence-electron chi connectivity index (χ3n) is 12.4. The lowest BCUT2D eigenvalue weighted by Gasteiger charge is -2.37. The molecule has 3 aliphatic carbocycles. The summed E-state index contributed by atoms with van der Waals surface area (Å²) in [5.74, 6) is 1.58.